The average Bonchev–Trinajstić information content (AvgIpc) is 3.35. The quantitative estimate of drug-likeness (QED) is 0.266. The predicted molar refractivity (Wildman–Crippen MR) is 158 cm³/mol. The molecule has 0 aliphatic rings. The van der Waals surface area contributed by atoms with Gasteiger partial charge in [-0.05, 0) is 72.5 Å². The van der Waals surface area contributed by atoms with E-state index in [1.54, 1.807) is 0 Å². The molecule has 4 heteroatoms. The number of nitrogens with one attached hydrogen (secondary N) is 1. The second kappa shape index (κ2) is 9.98. The molecular weight excluding hydrogens is 452 g/mol. The van der Waals surface area contributed by atoms with Gasteiger partial charge < -0.3 is 14.8 Å². The maximum Gasteiger partial charge on any atom is 0.138 e. The highest BCUT2D eigenvalue weighted by Gasteiger charge is 2.17. The molecule has 5 rings (SSSR count). The van der Waals surface area contributed by atoms with Gasteiger partial charge in [0.2, 0.25) is 0 Å². The van der Waals surface area contributed by atoms with E-state index in [9.17, 15) is 0 Å². The van der Waals surface area contributed by atoms with Crippen LogP contribution in [0.3, 0.4) is 0 Å². The number of imidazole rings is 1. The summed E-state index contributed by atoms with van der Waals surface area (Å²) in [5.41, 5.74) is 12.6. The molecular formula is C33H34N4. The van der Waals surface area contributed by atoms with Crippen molar-refractivity contribution >= 4 is 11.4 Å². The highest BCUT2D eigenvalue weighted by Crippen LogP contribution is 2.36. The lowest BCUT2D eigenvalue weighted by atomic mass is 9.93. The zero-order valence-corrected chi connectivity index (χ0v) is 22.5. The average molecular weight is 487 g/mol. The van der Waals surface area contributed by atoms with Gasteiger partial charge in [0.15, 0.2) is 0 Å². The van der Waals surface area contributed by atoms with Crippen molar-refractivity contribution < 1.29 is 0 Å². The van der Waals surface area contributed by atoms with Gasteiger partial charge in [-0.3, -0.25) is 0 Å². The lowest BCUT2D eigenvalue weighted by molar-refractivity contribution is 1.13. The first-order chi connectivity index (χ1) is 17.8. The predicted octanol–water partition coefficient (Wildman–Crippen LogP) is 7.83. The Hall–Kier alpha value is -4.31. The van der Waals surface area contributed by atoms with Crippen LogP contribution < -0.4 is 9.80 Å². The van der Waals surface area contributed by atoms with Gasteiger partial charge in [-0.2, -0.15) is 0 Å². The maximum absolute atomic E-state index is 5.16. The van der Waals surface area contributed by atoms with Crippen molar-refractivity contribution in [3.05, 3.63) is 102 Å². The van der Waals surface area contributed by atoms with Crippen LogP contribution in [0.15, 0.2) is 91.0 Å². The molecule has 0 unspecified atom stereocenters. The number of benzene rings is 4. The molecule has 0 saturated carbocycles. The topological polar surface area (TPSA) is 35.2 Å². The van der Waals surface area contributed by atoms with Gasteiger partial charge in [0.25, 0.3) is 0 Å². The van der Waals surface area contributed by atoms with Crippen LogP contribution in [-0.4, -0.2) is 38.2 Å². The molecule has 0 saturated heterocycles. The summed E-state index contributed by atoms with van der Waals surface area (Å²) in [6.45, 7) is 4.37. The number of anilines is 2. The van der Waals surface area contributed by atoms with Crippen molar-refractivity contribution in [2.24, 2.45) is 0 Å². The first kappa shape index (κ1) is 24.4. The Bertz CT molecular complexity index is 1420. The summed E-state index contributed by atoms with van der Waals surface area (Å²) in [5, 5.41) is 0. The van der Waals surface area contributed by atoms with Gasteiger partial charge in [-0.1, -0.05) is 54.6 Å². The number of aromatic amines is 1. The van der Waals surface area contributed by atoms with Gasteiger partial charge in [0, 0.05) is 56.3 Å². The molecule has 1 N–H and O–H groups in total. The van der Waals surface area contributed by atoms with Gasteiger partial charge in [0.05, 0.1) is 11.4 Å². The molecule has 5 aromatic rings. The fourth-order valence-corrected chi connectivity index (χ4v) is 4.93. The Kier molecular flexibility index (Phi) is 6.58. The normalized spacial score (nSPS) is 11.0. The number of aromatic nitrogens is 2. The van der Waals surface area contributed by atoms with Crippen molar-refractivity contribution in [2.75, 3.05) is 38.0 Å². The van der Waals surface area contributed by atoms with Crippen LogP contribution in [0.5, 0.6) is 0 Å². The van der Waals surface area contributed by atoms with Crippen LogP contribution in [0.2, 0.25) is 0 Å². The molecule has 0 radical (unpaired) electrons. The monoisotopic (exact) mass is 486 g/mol. The molecule has 0 spiro atoms. The van der Waals surface area contributed by atoms with Gasteiger partial charge in [0.1, 0.15) is 5.82 Å². The van der Waals surface area contributed by atoms with E-state index in [-0.39, 0.29) is 0 Å². The van der Waals surface area contributed by atoms with Crippen molar-refractivity contribution in [3.63, 3.8) is 0 Å². The summed E-state index contributed by atoms with van der Waals surface area (Å²) >= 11 is 0. The first-order valence-electron chi connectivity index (χ1n) is 12.6. The maximum atomic E-state index is 5.16. The fraction of sp³-hybridized carbons (Fsp3) is 0.182. The smallest absolute Gasteiger partial charge is 0.138 e. The van der Waals surface area contributed by atoms with Crippen LogP contribution in [0.25, 0.3) is 45.0 Å². The number of aryl methyl sites for hydroxylation is 2. The summed E-state index contributed by atoms with van der Waals surface area (Å²) < 4.78 is 0. The van der Waals surface area contributed by atoms with Crippen LogP contribution in [0, 0.1) is 13.8 Å². The minimum Gasteiger partial charge on any atom is -0.378 e. The Balaban J connectivity index is 1.63. The zero-order chi connectivity index (χ0) is 26.1. The fourth-order valence-electron chi connectivity index (χ4n) is 4.93. The number of nitrogens with zero attached hydrogens (tertiary/aromatic N) is 3. The van der Waals surface area contributed by atoms with Crippen LogP contribution >= 0.6 is 0 Å². The number of H-pyrrole nitrogens is 1. The zero-order valence-electron chi connectivity index (χ0n) is 22.5. The number of hydrogen-bond donors (Lipinski definition) is 1. The Morgan fingerprint density at radius 1 is 0.568 bits per heavy atom. The molecule has 0 amide bonds. The lowest BCUT2D eigenvalue weighted by Gasteiger charge is -2.13. The molecule has 0 atom stereocenters. The lowest BCUT2D eigenvalue weighted by Crippen LogP contribution is -2.08. The van der Waals surface area contributed by atoms with E-state index in [1.165, 1.54) is 33.6 Å². The van der Waals surface area contributed by atoms with E-state index in [1.807, 2.05) is 0 Å². The van der Waals surface area contributed by atoms with Crippen molar-refractivity contribution in [2.45, 2.75) is 13.8 Å². The highest BCUT2D eigenvalue weighted by molar-refractivity contribution is 5.83. The third-order valence-corrected chi connectivity index (χ3v) is 6.90. The first-order valence-corrected chi connectivity index (χ1v) is 12.6. The van der Waals surface area contributed by atoms with E-state index in [0.717, 1.165) is 33.9 Å². The van der Waals surface area contributed by atoms with E-state index in [0.29, 0.717) is 0 Å². The van der Waals surface area contributed by atoms with Crippen LogP contribution in [0.4, 0.5) is 11.4 Å². The standard InChI is InChI=1S/C33H34N4/c1-22-20-27(21-23(2)30(22)24-10-8-7-9-11-24)33-34-31(25-12-16-28(17-13-25)36(3)4)32(35-33)26-14-18-29(19-15-26)37(5)6/h7-21H,1-6H3,(H,34,35). The second-order valence-electron chi connectivity index (χ2n) is 10.0. The largest absolute Gasteiger partial charge is 0.378 e. The molecule has 4 aromatic carbocycles. The minimum absolute atomic E-state index is 0.879. The van der Waals surface area contributed by atoms with Crippen LogP contribution in [-0.2, 0) is 0 Å². The van der Waals surface area contributed by atoms with E-state index in [4.69, 9.17) is 4.98 Å². The Labute approximate surface area is 220 Å². The Morgan fingerprint density at radius 3 is 1.59 bits per heavy atom. The van der Waals surface area contributed by atoms with E-state index in [2.05, 4.69) is 148 Å². The van der Waals surface area contributed by atoms with Crippen LogP contribution in [0.1, 0.15) is 11.1 Å². The highest BCUT2D eigenvalue weighted by atomic mass is 15.1. The van der Waals surface area contributed by atoms with Crippen molar-refractivity contribution in [3.8, 4) is 45.0 Å². The third kappa shape index (κ3) is 4.88. The molecule has 37 heavy (non-hydrogen) atoms. The van der Waals surface area contributed by atoms with Gasteiger partial charge in [-0.25, -0.2) is 4.98 Å². The molecule has 0 aliphatic carbocycles. The van der Waals surface area contributed by atoms with Gasteiger partial charge in [-0.15, -0.1) is 0 Å². The van der Waals surface area contributed by atoms with Crippen molar-refractivity contribution in [1.82, 2.24) is 9.97 Å². The summed E-state index contributed by atoms with van der Waals surface area (Å²) in [6, 6.07) is 32.3. The van der Waals surface area contributed by atoms with Gasteiger partial charge >= 0.3 is 0 Å². The van der Waals surface area contributed by atoms with E-state index >= 15 is 0 Å². The third-order valence-electron chi connectivity index (χ3n) is 6.90. The number of rotatable bonds is 6. The summed E-state index contributed by atoms with van der Waals surface area (Å²) in [6.07, 6.45) is 0. The summed E-state index contributed by atoms with van der Waals surface area (Å²) in [5.74, 6) is 0.879. The molecule has 0 bridgehead atoms. The Morgan fingerprint density at radius 2 is 1.08 bits per heavy atom. The molecule has 0 fully saturated rings. The summed E-state index contributed by atoms with van der Waals surface area (Å²) in [7, 11) is 8.24. The molecule has 0 aliphatic heterocycles. The molecule has 186 valence electrons. The molecule has 1 aromatic heterocycles. The van der Waals surface area contributed by atoms with E-state index < -0.39 is 0 Å². The summed E-state index contributed by atoms with van der Waals surface area (Å²) in [4.78, 5) is 13.1. The SMILES string of the molecule is Cc1cc(-c2nc(-c3ccc(N(C)C)cc3)c(-c3ccc(N(C)C)cc3)[nH]2)cc(C)c1-c1ccccc1. The minimum atomic E-state index is 0.879. The number of hydrogen-bond acceptors (Lipinski definition) is 3. The second-order valence-corrected chi connectivity index (χ2v) is 10.0. The molecule has 4 nitrogen and oxygen atoms in total. The molecule has 1 heterocycles. The van der Waals surface area contributed by atoms with Crippen molar-refractivity contribution in [1.29, 1.82) is 0 Å².